The van der Waals surface area contributed by atoms with E-state index in [-0.39, 0.29) is 18.1 Å². The summed E-state index contributed by atoms with van der Waals surface area (Å²) in [4.78, 5) is 26.0. The molecule has 1 amide bonds. The van der Waals surface area contributed by atoms with Crippen LogP contribution in [0, 0.1) is 0 Å². The highest BCUT2D eigenvalue weighted by atomic mass is 16.2. The minimum atomic E-state index is -0.618. The van der Waals surface area contributed by atoms with Crippen LogP contribution in [0.2, 0.25) is 0 Å². The van der Waals surface area contributed by atoms with Gasteiger partial charge in [-0.25, -0.2) is 0 Å². The fraction of sp³-hybridized carbons (Fsp3) is 0.160. The second-order valence-corrected chi connectivity index (χ2v) is 7.34. The fourth-order valence-electron chi connectivity index (χ4n) is 3.63. The zero-order valence-corrected chi connectivity index (χ0v) is 16.8. The Hall–Kier alpha value is -3.73. The summed E-state index contributed by atoms with van der Waals surface area (Å²) in [5.74, 6) is -0.274. The number of nitrogens with one attached hydrogen (secondary N) is 1. The summed E-state index contributed by atoms with van der Waals surface area (Å²) in [5, 5.41) is 8.21. The highest BCUT2D eigenvalue weighted by Crippen LogP contribution is 2.19. The van der Waals surface area contributed by atoms with Gasteiger partial charge in [-0.3, -0.25) is 14.3 Å². The van der Waals surface area contributed by atoms with E-state index in [1.54, 1.807) is 23.0 Å². The van der Waals surface area contributed by atoms with Gasteiger partial charge in [0.15, 0.2) is 5.78 Å². The molecule has 0 aliphatic rings. The van der Waals surface area contributed by atoms with E-state index in [4.69, 9.17) is 0 Å². The number of Topliss-reactive ketones (excluding diaryl/α,β-unsaturated/α-hetero) is 1. The number of aromatic nitrogens is 2. The van der Waals surface area contributed by atoms with Crippen molar-refractivity contribution < 1.29 is 9.59 Å². The summed E-state index contributed by atoms with van der Waals surface area (Å²) in [7, 11) is 1.88. The van der Waals surface area contributed by atoms with E-state index < -0.39 is 6.04 Å². The number of ketones is 1. The number of hydrogen-bond donors (Lipinski definition) is 1. The molecule has 0 saturated carbocycles. The number of fused-ring (bicyclic) bond motifs is 1. The second-order valence-electron chi connectivity index (χ2n) is 7.34. The van der Waals surface area contributed by atoms with Crippen molar-refractivity contribution in [1.82, 2.24) is 15.1 Å². The van der Waals surface area contributed by atoms with E-state index in [0.29, 0.717) is 12.0 Å². The number of nitrogens with zero attached hydrogens (tertiary/aromatic N) is 2. The van der Waals surface area contributed by atoms with E-state index in [9.17, 15) is 9.59 Å². The van der Waals surface area contributed by atoms with Gasteiger partial charge < -0.3 is 5.32 Å². The quantitative estimate of drug-likeness (QED) is 0.517. The Morgan fingerprint density at radius 2 is 1.63 bits per heavy atom. The molecule has 1 aromatic heterocycles. The van der Waals surface area contributed by atoms with Gasteiger partial charge in [0, 0.05) is 24.4 Å². The first-order valence-electron chi connectivity index (χ1n) is 9.94. The van der Waals surface area contributed by atoms with E-state index in [2.05, 4.69) is 10.4 Å². The molecule has 0 aliphatic carbocycles. The number of aryl methyl sites for hydroxylation is 1. The molecule has 4 aromatic rings. The Morgan fingerprint density at radius 1 is 0.933 bits per heavy atom. The molecule has 5 nitrogen and oxygen atoms in total. The molecule has 1 unspecified atom stereocenters. The molecular formula is C25H23N3O2. The molecule has 0 saturated heterocycles. The minimum absolute atomic E-state index is 0.0283. The smallest absolute Gasteiger partial charge is 0.251 e. The van der Waals surface area contributed by atoms with Crippen molar-refractivity contribution in [3.8, 4) is 0 Å². The average molecular weight is 397 g/mol. The Labute approximate surface area is 175 Å². The topological polar surface area (TPSA) is 64.0 Å². The van der Waals surface area contributed by atoms with E-state index >= 15 is 0 Å². The zero-order chi connectivity index (χ0) is 20.9. The van der Waals surface area contributed by atoms with Gasteiger partial charge in [-0.15, -0.1) is 0 Å². The van der Waals surface area contributed by atoms with E-state index in [1.807, 2.05) is 73.8 Å². The number of rotatable bonds is 7. The van der Waals surface area contributed by atoms with Gasteiger partial charge >= 0.3 is 0 Å². The molecule has 0 bridgehead atoms. The Kier molecular flexibility index (Phi) is 5.70. The molecule has 1 atom stereocenters. The standard InChI is InChI=1S/C25H23N3O2/c1-28-23-14-8-13-20(21(23)17-26-28)16-24(29)22(15-18-9-4-2-5-10-18)27-25(30)19-11-6-3-7-12-19/h2-14,17,22H,15-16H2,1H3,(H,27,30). The van der Waals surface area contributed by atoms with Gasteiger partial charge in [-0.2, -0.15) is 5.10 Å². The largest absolute Gasteiger partial charge is 0.342 e. The second kappa shape index (κ2) is 8.74. The van der Waals surface area contributed by atoms with E-state index in [0.717, 1.165) is 22.0 Å². The predicted octanol–water partition coefficient (Wildman–Crippen LogP) is 3.73. The summed E-state index contributed by atoms with van der Waals surface area (Å²) in [6.45, 7) is 0. The van der Waals surface area contributed by atoms with Crippen LogP contribution in [0.3, 0.4) is 0 Å². The summed E-state index contributed by atoms with van der Waals surface area (Å²) in [5.41, 5.74) is 3.44. The van der Waals surface area contributed by atoms with Crippen LogP contribution in [-0.2, 0) is 24.7 Å². The van der Waals surface area contributed by atoms with Crippen LogP contribution in [0.1, 0.15) is 21.5 Å². The maximum atomic E-state index is 13.3. The van der Waals surface area contributed by atoms with Gasteiger partial charge in [0.05, 0.1) is 17.8 Å². The predicted molar refractivity (Wildman–Crippen MR) is 117 cm³/mol. The lowest BCUT2D eigenvalue weighted by atomic mass is 9.96. The molecule has 1 heterocycles. The van der Waals surface area contributed by atoms with Crippen molar-refractivity contribution >= 4 is 22.6 Å². The fourth-order valence-corrected chi connectivity index (χ4v) is 3.63. The SMILES string of the molecule is Cn1ncc2c(CC(=O)C(Cc3ccccc3)NC(=O)c3ccccc3)cccc21. The van der Waals surface area contributed by atoms with Crippen LogP contribution in [-0.4, -0.2) is 27.5 Å². The average Bonchev–Trinajstić information content (AvgIpc) is 3.16. The maximum absolute atomic E-state index is 13.3. The molecule has 0 radical (unpaired) electrons. The highest BCUT2D eigenvalue weighted by molar-refractivity contribution is 5.99. The Bertz CT molecular complexity index is 1170. The third-order valence-electron chi connectivity index (χ3n) is 5.26. The normalized spacial score (nSPS) is 11.9. The van der Waals surface area contributed by atoms with Crippen molar-refractivity contribution in [1.29, 1.82) is 0 Å². The third-order valence-corrected chi connectivity index (χ3v) is 5.26. The van der Waals surface area contributed by atoms with Crippen LogP contribution in [0.5, 0.6) is 0 Å². The lowest BCUT2D eigenvalue weighted by molar-refractivity contribution is -0.120. The van der Waals surface area contributed by atoms with Crippen LogP contribution in [0.4, 0.5) is 0 Å². The lowest BCUT2D eigenvalue weighted by Crippen LogP contribution is -2.43. The molecule has 0 spiro atoms. The van der Waals surface area contributed by atoms with Gasteiger partial charge in [-0.05, 0) is 35.7 Å². The number of carbonyl (C=O) groups is 2. The maximum Gasteiger partial charge on any atom is 0.251 e. The molecule has 5 heteroatoms. The van der Waals surface area contributed by atoms with Gasteiger partial charge in [0.25, 0.3) is 5.91 Å². The molecule has 30 heavy (non-hydrogen) atoms. The molecular weight excluding hydrogens is 374 g/mol. The van der Waals surface area contributed by atoms with Crippen molar-refractivity contribution in [2.75, 3.05) is 0 Å². The van der Waals surface area contributed by atoms with Crippen LogP contribution in [0.15, 0.2) is 85.1 Å². The summed E-state index contributed by atoms with van der Waals surface area (Å²) in [6, 6.07) is 24.0. The molecule has 4 rings (SSSR count). The number of benzene rings is 3. The minimum Gasteiger partial charge on any atom is -0.342 e. The van der Waals surface area contributed by atoms with Crippen molar-refractivity contribution in [3.63, 3.8) is 0 Å². The van der Waals surface area contributed by atoms with Gasteiger partial charge in [-0.1, -0.05) is 60.7 Å². The van der Waals surface area contributed by atoms with Crippen LogP contribution < -0.4 is 5.32 Å². The summed E-state index contributed by atoms with van der Waals surface area (Å²) < 4.78 is 1.79. The first-order chi connectivity index (χ1) is 14.6. The Morgan fingerprint density at radius 3 is 2.37 bits per heavy atom. The van der Waals surface area contributed by atoms with Crippen molar-refractivity contribution in [2.24, 2.45) is 7.05 Å². The van der Waals surface area contributed by atoms with Crippen molar-refractivity contribution in [3.05, 3.63) is 102 Å². The summed E-state index contributed by atoms with van der Waals surface area (Å²) in [6.07, 6.45) is 2.46. The van der Waals surface area contributed by atoms with E-state index in [1.165, 1.54) is 0 Å². The van der Waals surface area contributed by atoms with Crippen LogP contribution >= 0.6 is 0 Å². The third kappa shape index (κ3) is 4.30. The van der Waals surface area contributed by atoms with Crippen molar-refractivity contribution in [2.45, 2.75) is 18.9 Å². The molecule has 0 aliphatic heterocycles. The van der Waals surface area contributed by atoms with Gasteiger partial charge in [0.1, 0.15) is 0 Å². The molecule has 3 aromatic carbocycles. The number of hydrogen-bond acceptors (Lipinski definition) is 3. The van der Waals surface area contributed by atoms with Crippen LogP contribution in [0.25, 0.3) is 10.9 Å². The Balaban J connectivity index is 1.59. The highest BCUT2D eigenvalue weighted by Gasteiger charge is 2.23. The number of amides is 1. The van der Waals surface area contributed by atoms with Gasteiger partial charge in [0.2, 0.25) is 0 Å². The first kappa shape index (κ1) is 19.6. The monoisotopic (exact) mass is 397 g/mol. The molecule has 150 valence electrons. The molecule has 1 N–H and O–H groups in total. The zero-order valence-electron chi connectivity index (χ0n) is 16.8. The lowest BCUT2D eigenvalue weighted by Gasteiger charge is -2.18. The summed E-state index contributed by atoms with van der Waals surface area (Å²) >= 11 is 0. The number of carbonyl (C=O) groups excluding carboxylic acids is 2. The first-order valence-corrected chi connectivity index (χ1v) is 9.94. The molecule has 0 fully saturated rings.